The predicted molar refractivity (Wildman–Crippen MR) is 164 cm³/mol. The van der Waals surface area contributed by atoms with Gasteiger partial charge in [-0.3, -0.25) is 4.68 Å². The molecule has 226 valence electrons. The highest BCUT2D eigenvalue weighted by molar-refractivity contribution is 7.99. The molecule has 1 unspecified atom stereocenters. The third kappa shape index (κ3) is 8.37. The van der Waals surface area contributed by atoms with Gasteiger partial charge < -0.3 is 24.1 Å². The van der Waals surface area contributed by atoms with Crippen LogP contribution in [0.25, 0.3) is 22.4 Å². The average Bonchev–Trinajstić information content (AvgIpc) is 3.38. The van der Waals surface area contributed by atoms with Gasteiger partial charge in [-0.2, -0.15) is 5.10 Å². The second-order valence-corrected chi connectivity index (χ2v) is 12.2. The Balaban J connectivity index is 1.38. The summed E-state index contributed by atoms with van der Waals surface area (Å²) in [6, 6.07) is 18.7. The Kier molecular flexibility index (Phi) is 11.3. The van der Waals surface area contributed by atoms with Crippen LogP contribution in [0.3, 0.4) is 0 Å². The zero-order valence-corrected chi connectivity index (χ0v) is 25.2. The molecule has 9 heteroatoms. The summed E-state index contributed by atoms with van der Waals surface area (Å²) in [7, 11) is 1.70. The molecule has 2 heterocycles. The van der Waals surface area contributed by atoms with Gasteiger partial charge in [0.15, 0.2) is 6.29 Å². The van der Waals surface area contributed by atoms with Crippen LogP contribution in [0.1, 0.15) is 44.9 Å². The van der Waals surface area contributed by atoms with Crippen molar-refractivity contribution in [3.05, 3.63) is 54.6 Å². The monoisotopic (exact) mass is 594 g/mol. The third-order valence-electron chi connectivity index (χ3n) is 8.07. The Bertz CT molecular complexity index is 1270. The number of aliphatic carboxylic acids is 1. The molecule has 0 radical (unpaired) electrons. The normalized spacial score (nSPS) is 20.8. The molecule has 0 spiro atoms. The number of carbonyl (C=O) groups is 1. The highest BCUT2D eigenvalue weighted by Gasteiger charge is 2.27. The average molecular weight is 595 g/mol. The van der Waals surface area contributed by atoms with Crippen LogP contribution in [-0.4, -0.2) is 66.4 Å². The molecule has 8 nitrogen and oxygen atoms in total. The van der Waals surface area contributed by atoms with Crippen LogP contribution in [0.4, 0.5) is 0 Å². The lowest BCUT2D eigenvalue weighted by Crippen LogP contribution is -2.23. The first-order chi connectivity index (χ1) is 20.6. The summed E-state index contributed by atoms with van der Waals surface area (Å²) in [5.74, 6) is 1.59. The summed E-state index contributed by atoms with van der Waals surface area (Å²) in [6.07, 6.45) is 7.34. The molecule has 42 heavy (non-hydrogen) atoms. The fraction of sp³-hybridized carbons (Fsp3) is 0.515. The van der Waals surface area contributed by atoms with Gasteiger partial charge in [-0.1, -0.05) is 42.5 Å². The van der Waals surface area contributed by atoms with E-state index in [1.54, 1.807) is 18.9 Å². The Morgan fingerprint density at radius 3 is 2.55 bits per heavy atom. The molecule has 3 aromatic rings. The van der Waals surface area contributed by atoms with Crippen LogP contribution in [-0.2, 0) is 25.5 Å². The molecule has 1 N–H and O–H groups in total. The Morgan fingerprint density at radius 2 is 1.81 bits per heavy atom. The van der Waals surface area contributed by atoms with Crippen molar-refractivity contribution in [2.45, 2.75) is 62.8 Å². The van der Waals surface area contributed by atoms with Gasteiger partial charge in [0, 0.05) is 30.0 Å². The number of methoxy groups -OCH3 is 1. The summed E-state index contributed by atoms with van der Waals surface area (Å²) in [4.78, 5) is 10.8. The van der Waals surface area contributed by atoms with E-state index in [-0.39, 0.29) is 12.9 Å². The van der Waals surface area contributed by atoms with Crippen LogP contribution >= 0.6 is 11.8 Å². The van der Waals surface area contributed by atoms with Crippen LogP contribution in [0, 0.1) is 11.8 Å². The lowest BCUT2D eigenvalue weighted by atomic mass is 9.82. The molecule has 1 saturated carbocycles. The fourth-order valence-corrected chi connectivity index (χ4v) is 6.79. The van der Waals surface area contributed by atoms with Crippen molar-refractivity contribution < 1.29 is 28.8 Å². The van der Waals surface area contributed by atoms with E-state index >= 15 is 0 Å². The number of benzene rings is 2. The number of nitrogens with zero attached hydrogens (tertiary/aromatic N) is 2. The van der Waals surface area contributed by atoms with E-state index in [9.17, 15) is 4.79 Å². The quantitative estimate of drug-likeness (QED) is 0.162. The van der Waals surface area contributed by atoms with Gasteiger partial charge in [-0.25, -0.2) is 4.79 Å². The number of ether oxygens (including phenoxy) is 4. The maximum absolute atomic E-state index is 10.8. The minimum Gasteiger partial charge on any atom is -0.497 e. The molecule has 2 fully saturated rings. The van der Waals surface area contributed by atoms with E-state index in [0.29, 0.717) is 25.0 Å². The van der Waals surface area contributed by atoms with Gasteiger partial charge in [0.2, 0.25) is 0 Å². The first-order valence-corrected chi connectivity index (χ1v) is 16.1. The van der Waals surface area contributed by atoms with E-state index in [2.05, 4.69) is 41.1 Å². The zero-order valence-electron chi connectivity index (χ0n) is 24.4. The summed E-state index contributed by atoms with van der Waals surface area (Å²) in [6.45, 7) is 2.51. The summed E-state index contributed by atoms with van der Waals surface area (Å²) < 4.78 is 25.0. The number of rotatable bonds is 14. The SMILES string of the molecule is COc1cccc(-c2c(SCCOC3CCCCO3)nn(CC3CCC(COCC(=O)O)CC3)c2-c2ccccc2)c1. The molecular formula is C33H42N2O6S. The van der Waals surface area contributed by atoms with Crippen molar-refractivity contribution in [2.24, 2.45) is 11.8 Å². The minimum absolute atomic E-state index is 0.0979. The third-order valence-corrected chi connectivity index (χ3v) is 9.00. The molecule has 1 atom stereocenters. The zero-order chi connectivity index (χ0) is 29.1. The van der Waals surface area contributed by atoms with E-state index in [4.69, 9.17) is 29.2 Å². The van der Waals surface area contributed by atoms with Crippen LogP contribution in [0.2, 0.25) is 0 Å². The molecule has 1 aliphatic carbocycles. The van der Waals surface area contributed by atoms with Crippen LogP contribution in [0.15, 0.2) is 59.6 Å². The Labute approximate surface area is 252 Å². The predicted octanol–water partition coefficient (Wildman–Crippen LogP) is 6.77. The maximum atomic E-state index is 10.8. The Hall–Kier alpha value is -2.85. The van der Waals surface area contributed by atoms with Crippen molar-refractivity contribution in [1.82, 2.24) is 9.78 Å². The van der Waals surface area contributed by atoms with Gasteiger partial charge in [0.1, 0.15) is 17.4 Å². The summed E-state index contributed by atoms with van der Waals surface area (Å²) >= 11 is 1.73. The smallest absolute Gasteiger partial charge is 0.329 e. The van der Waals surface area contributed by atoms with Crippen LogP contribution in [0.5, 0.6) is 5.75 Å². The number of carboxylic acid groups (broad SMARTS) is 1. The van der Waals surface area contributed by atoms with Crippen molar-refractivity contribution in [2.75, 3.05) is 39.3 Å². The van der Waals surface area contributed by atoms with E-state index < -0.39 is 5.97 Å². The summed E-state index contributed by atoms with van der Waals surface area (Å²) in [5.41, 5.74) is 4.46. The topological polar surface area (TPSA) is 92.0 Å². The largest absolute Gasteiger partial charge is 0.497 e. The maximum Gasteiger partial charge on any atom is 0.329 e. The lowest BCUT2D eigenvalue weighted by molar-refractivity contribution is -0.158. The molecular weight excluding hydrogens is 552 g/mol. The van der Waals surface area contributed by atoms with Crippen molar-refractivity contribution >= 4 is 17.7 Å². The number of hydrogen-bond acceptors (Lipinski definition) is 7. The van der Waals surface area contributed by atoms with Crippen molar-refractivity contribution in [1.29, 1.82) is 0 Å². The fourth-order valence-electron chi connectivity index (χ4n) is 5.90. The molecule has 5 rings (SSSR count). The number of thioether (sulfide) groups is 1. The van der Waals surface area contributed by atoms with Gasteiger partial charge in [0.25, 0.3) is 0 Å². The van der Waals surface area contributed by atoms with Crippen LogP contribution < -0.4 is 4.74 Å². The first kappa shape index (κ1) is 30.6. The minimum atomic E-state index is -0.912. The van der Waals surface area contributed by atoms with Gasteiger partial charge in [-0.05, 0) is 74.5 Å². The number of carboxylic acids is 1. The molecule has 1 aliphatic heterocycles. The molecule has 2 aromatic carbocycles. The molecule has 0 bridgehead atoms. The van der Waals surface area contributed by atoms with Gasteiger partial charge in [-0.15, -0.1) is 11.8 Å². The number of hydrogen-bond donors (Lipinski definition) is 1. The summed E-state index contributed by atoms with van der Waals surface area (Å²) in [5, 5.41) is 15.1. The molecule has 1 saturated heterocycles. The Morgan fingerprint density at radius 1 is 1.02 bits per heavy atom. The van der Waals surface area contributed by atoms with Crippen molar-refractivity contribution in [3.63, 3.8) is 0 Å². The molecule has 0 amide bonds. The van der Waals surface area contributed by atoms with Crippen molar-refractivity contribution in [3.8, 4) is 28.1 Å². The second kappa shape index (κ2) is 15.6. The highest BCUT2D eigenvalue weighted by atomic mass is 32.2. The standard InChI is InChI=1S/C33H42N2O6S/c1-38-28-11-7-10-27(20-28)31-32(26-8-3-2-4-9-26)35(21-24-13-15-25(16-14-24)22-39-23-29(36)37)34-33(31)42-19-18-41-30-12-5-6-17-40-30/h2-4,7-11,20,24-25,30H,5-6,12-19,21-23H2,1H3,(H,36,37). The molecule has 2 aliphatic rings. The highest BCUT2D eigenvalue weighted by Crippen LogP contribution is 2.42. The first-order valence-electron chi connectivity index (χ1n) is 15.1. The van der Waals surface area contributed by atoms with E-state index in [1.807, 2.05) is 18.2 Å². The second-order valence-electron chi connectivity index (χ2n) is 11.1. The van der Waals surface area contributed by atoms with E-state index in [0.717, 1.165) is 97.0 Å². The van der Waals surface area contributed by atoms with Gasteiger partial charge >= 0.3 is 5.97 Å². The van der Waals surface area contributed by atoms with E-state index in [1.165, 1.54) is 0 Å². The number of aromatic nitrogens is 2. The van der Waals surface area contributed by atoms with Gasteiger partial charge in [0.05, 0.1) is 26.0 Å². The lowest BCUT2D eigenvalue weighted by Gasteiger charge is -2.28. The molecule has 1 aromatic heterocycles.